The molecular weight excluding hydrogens is 289 g/mol. The summed E-state index contributed by atoms with van der Waals surface area (Å²) < 4.78 is 20.7. The average molecular weight is 305 g/mol. The molecule has 1 atom stereocenters. The van der Waals surface area contributed by atoms with Crippen LogP contribution in [0.15, 0.2) is 30.9 Å². The quantitative estimate of drug-likeness (QED) is 0.870. The lowest BCUT2D eigenvalue weighted by atomic mass is 10.2. The van der Waals surface area contributed by atoms with Gasteiger partial charge in [-0.15, -0.1) is 0 Å². The fourth-order valence-electron chi connectivity index (χ4n) is 2.29. The highest BCUT2D eigenvalue weighted by Gasteiger charge is 2.17. The second-order valence-electron chi connectivity index (χ2n) is 4.98. The maximum absolute atomic E-state index is 14.1. The fraction of sp³-hybridized carbons (Fsp3) is 0.357. The molecular formula is C14H16FN5O2. The second kappa shape index (κ2) is 6.63. The molecule has 0 bridgehead atoms. The number of rotatable bonds is 4. The van der Waals surface area contributed by atoms with E-state index in [9.17, 15) is 9.18 Å². The van der Waals surface area contributed by atoms with Crippen LogP contribution < -0.4 is 10.6 Å². The molecule has 7 nitrogen and oxygen atoms in total. The summed E-state index contributed by atoms with van der Waals surface area (Å²) in [5.74, 6) is -0.668. The number of anilines is 1. The Morgan fingerprint density at radius 2 is 2.45 bits per heavy atom. The normalized spacial score (nSPS) is 18.1. The van der Waals surface area contributed by atoms with Crippen LogP contribution in [0.1, 0.15) is 6.42 Å². The molecule has 0 aliphatic carbocycles. The first-order valence-corrected chi connectivity index (χ1v) is 6.98. The molecule has 0 spiro atoms. The number of hydrogen-bond donors (Lipinski definition) is 2. The Balaban J connectivity index is 1.63. The number of amides is 1. The minimum atomic E-state index is -0.484. The predicted molar refractivity (Wildman–Crippen MR) is 77.2 cm³/mol. The van der Waals surface area contributed by atoms with E-state index < -0.39 is 5.82 Å². The highest BCUT2D eigenvalue weighted by Crippen LogP contribution is 2.17. The lowest BCUT2D eigenvalue weighted by molar-refractivity contribution is -0.117. The number of aromatic nitrogens is 3. The summed E-state index contributed by atoms with van der Waals surface area (Å²) in [6.45, 7) is 1.90. The largest absolute Gasteiger partial charge is 0.378 e. The van der Waals surface area contributed by atoms with Gasteiger partial charge < -0.3 is 15.4 Å². The summed E-state index contributed by atoms with van der Waals surface area (Å²) in [5, 5.41) is 9.75. The highest BCUT2D eigenvalue weighted by molar-refractivity contribution is 5.91. The molecule has 1 aliphatic rings. The van der Waals surface area contributed by atoms with Crippen LogP contribution in [0.2, 0.25) is 0 Å². The molecule has 1 fully saturated rings. The number of ether oxygens (including phenoxy) is 1. The van der Waals surface area contributed by atoms with Crippen LogP contribution in [0.5, 0.6) is 0 Å². The molecule has 2 heterocycles. The van der Waals surface area contributed by atoms with Gasteiger partial charge >= 0.3 is 0 Å². The Hall–Kier alpha value is -2.32. The Bertz CT molecular complexity index is 641. The Labute approximate surface area is 126 Å². The summed E-state index contributed by atoms with van der Waals surface area (Å²) in [5.41, 5.74) is 0.681. The zero-order valence-corrected chi connectivity index (χ0v) is 11.8. The van der Waals surface area contributed by atoms with Gasteiger partial charge in [0.25, 0.3) is 0 Å². The van der Waals surface area contributed by atoms with E-state index in [0.717, 1.165) is 6.54 Å². The lowest BCUT2D eigenvalue weighted by Gasteiger charge is -2.23. The third-order valence-electron chi connectivity index (χ3n) is 3.33. The van der Waals surface area contributed by atoms with Gasteiger partial charge in [-0.3, -0.25) is 4.79 Å². The SMILES string of the molecule is O=C(CC1COCCN1)Nc1ccc(-n2cncn2)c(F)c1. The number of benzene rings is 1. The first-order valence-electron chi connectivity index (χ1n) is 6.98. The smallest absolute Gasteiger partial charge is 0.226 e. The van der Waals surface area contributed by atoms with Crippen LogP contribution >= 0.6 is 0 Å². The monoisotopic (exact) mass is 305 g/mol. The van der Waals surface area contributed by atoms with Crippen molar-refractivity contribution < 1.29 is 13.9 Å². The summed E-state index contributed by atoms with van der Waals surface area (Å²) >= 11 is 0. The van der Waals surface area contributed by atoms with Gasteiger partial charge in [0.15, 0.2) is 5.82 Å². The Kier molecular flexibility index (Phi) is 4.40. The maximum Gasteiger partial charge on any atom is 0.226 e. The van der Waals surface area contributed by atoms with Gasteiger partial charge in [-0.1, -0.05) is 0 Å². The van der Waals surface area contributed by atoms with E-state index in [0.29, 0.717) is 18.9 Å². The lowest BCUT2D eigenvalue weighted by Crippen LogP contribution is -2.43. The number of halogens is 1. The zero-order chi connectivity index (χ0) is 15.4. The molecule has 3 rings (SSSR count). The van der Waals surface area contributed by atoms with E-state index in [1.54, 1.807) is 12.1 Å². The van der Waals surface area contributed by atoms with Gasteiger partial charge in [0.1, 0.15) is 18.3 Å². The second-order valence-corrected chi connectivity index (χ2v) is 4.98. The van der Waals surface area contributed by atoms with E-state index in [1.807, 2.05) is 0 Å². The zero-order valence-electron chi connectivity index (χ0n) is 11.8. The van der Waals surface area contributed by atoms with E-state index in [2.05, 4.69) is 20.7 Å². The number of hydrogen-bond acceptors (Lipinski definition) is 5. The van der Waals surface area contributed by atoms with Gasteiger partial charge in [0.2, 0.25) is 5.91 Å². The van der Waals surface area contributed by atoms with Crippen LogP contribution in [0, 0.1) is 5.82 Å². The van der Waals surface area contributed by atoms with Crippen molar-refractivity contribution >= 4 is 11.6 Å². The molecule has 116 valence electrons. The predicted octanol–water partition coefficient (Wildman–Crippen LogP) is 0.723. The number of morpholine rings is 1. The van der Waals surface area contributed by atoms with Gasteiger partial charge in [0, 0.05) is 24.7 Å². The van der Waals surface area contributed by atoms with Crippen molar-refractivity contribution in [2.24, 2.45) is 0 Å². The highest BCUT2D eigenvalue weighted by atomic mass is 19.1. The first-order chi connectivity index (χ1) is 10.7. The average Bonchev–Trinajstić information content (AvgIpc) is 3.02. The van der Waals surface area contributed by atoms with Crippen molar-refractivity contribution in [3.63, 3.8) is 0 Å². The number of nitrogens with zero attached hydrogens (tertiary/aromatic N) is 3. The third kappa shape index (κ3) is 3.46. The van der Waals surface area contributed by atoms with Crippen molar-refractivity contribution in [2.75, 3.05) is 25.1 Å². The summed E-state index contributed by atoms with van der Waals surface area (Å²) in [7, 11) is 0. The van der Waals surface area contributed by atoms with Crippen LogP contribution in [-0.4, -0.2) is 46.5 Å². The number of carbonyl (C=O) groups excluding carboxylic acids is 1. The molecule has 1 aromatic carbocycles. The van der Waals surface area contributed by atoms with Crippen molar-refractivity contribution in [1.29, 1.82) is 0 Å². The molecule has 0 saturated carbocycles. The standard InChI is InChI=1S/C14H16FN5O2/c15-12-5-10(1-2-13(12)20-9-16-8-18-20)19-14(21)6-11-7-22-4-3-17-11/h1-2,5,8-9,11,17H,3-4,6-7H2,(H,19,21). The van der Waals surface area contributed by atoms with Crippen LogP contribution in [0.4, 0.5) is 10.1 Å². The molecule has 1 amide bonds. The topological polar surface area (TPSA) is 81.1 Å². The molecule has 1 saturated heterocycles. The van der Waals surface area contributed by atoms with Crippen molar-refractivity contribution in [3.8, 4) is 5.69 Å². The minimum Gasteiger partial charge on any atom is -0.378 e. The van der Waals surface area contributed by atoms with Gasteiger partial charge in [-0.2, -0.15) is 5.10 Å². The van der Waals surface area contributed by atoms with Crippen LogP contribution in [0.3, 0.4) is 0 Å². The van der Waals surface area contributed by atoms with Crippen molar-refractivity contribution in [3.05, 3.63) is 36.7 Å². The van der Waals surface area contributed by atoms with Crippen molar-refractivity contribution in [1.82, 2.24) is 20.1 Å². The first kappa shape index (κ1) is 14.6. The van der Waals surface area contributed by atoms with E-state index in [1.165, 1.54) is 23.4 Å². The Morgan fingerprint density at radius 3 is 3.14 bits per heavy atom. The summed E-state index contributed by atoms with van der Waals surface area (Å²) in [6, 6.07) is 4.43. The third-order valence-corrected chi connectivity index (χ3v) is 3.33. The van der Waals surface area contributed by atoms with E-state index in [-0.39, 0.29) is 24.1 Å². The number of nitrogens with one attached hydrogen (secondary N) is 2. The summed E-state index contributed by atoms with van der Waals surface area (Å²) in [4.78, 5) is 15.7. The van der Waals surface area contributed by atoms with E-state index in [4.69, 9.17) is 4.74 Å². The molecule has 1 aliphatic heterocycles. The molecule has 2 aromatic rings. The van der Waals surface area contributed by atoms with Gasteiger partial charge in [-0.05, 0) is 18.2 Å². The van der Waals surface area contributed by atoms with Gasteiger partial charge in [0.05, 0.1) is 13.2 Å². The molecule has 1 unspecified atom stereocenters. The molecule has 0 radical (unpaired) electrons. The van der Waals surface area contributed by atoms with Gasteiger partial charge in [-0.25, -0.2) is 14.1 Å². The number of carbonyl (C=O) groups is 1. The van der Waals surface area contributed by atoms with Crippen molar-refractivity contribution in [2.45, 2.75) is 12.5 Å². The minimum absolute atomic E-state index is 0.00646. The molecule has 22 heavy (non-hydrogen) atoms. The Morgan fingerprint density at radius 1 is 1.55 bits per heavy atom. The maximum atomic E-state index is 14.1. The summed E-state index contributed by atoms with van der Waals surface area (Å²) in [6.07, 6.45) is 3.02. The van der Waals surface area contributed by atoms with Crippen LogP contribution in [0.25, 0.3) is 5.69 Å². The molecule has 8 heteroatoms. The fourth-order valence-corrected chi connectivity index (χ4v) is 2.29. The van der Waals surface area contributed by atoms with E-state index >= 15 is 0 Å². The van der Waals surface area contributed by atoms with Crippen LogP contribution in [-0.2, 0) is 9.53 Å². The molecule has 1 aromatic heterocycles. The molecule has 2 N–H and O–H groups in total.